The molecule has 0 unspecified atom stereocenters. The smallest absolute Gasteiger partial charge is 0.164 e. The van der Waals surface area contributed by atoms with E-state index in [0.717, 1.165) is 16.9 Å². The molecule has 2 heterocycles. The maximum atomic E-state index is 4.39. The maximum Gasteiger partial charge on any atom is 0.164 e. The van der Waals surface area contributed by atoms with Gasteiger partial charge < -0.3 is 0 Å². The highest BCUT2D eigenvalue weighted by atomic mass is 15.1. The molecule has 0 atom stereocenters. The number of aromatic nitrogens is 3. The fourth-order valence-electron chi connectivity index (χ4n) is 2.16. The third kappa shape index (κ3) is 2.12. The van der Waals surface area contributed by atoms with Crippen LogP contribution in [0.2, 0.25) is 0 Å². The Bertz CT molecular complexity index is 703. The first-order chi connectivity index (χ1) is 9.05. The summed E-state index contributed by atoms with van der Waals surface area (Å²) in [4.78, 5) is 8.76. The molecule has 0 radical (unpaired) electrons. The van der Waals surface area contributed by atoms with Gasteiger partial charge in [-0.15, -0.1) is 0 Å². The van der Waals surface area contributed by atoms with Crippen LogP contribution < -0.4 is 0 Å². The highest BCUT2D eigenvalue weighted by Crippen LogP contribution is 2.24. The number of nitrogens with zero attached hydrogens (tertiary/aromatic N) is 3. The largest absolute Gasteiger partial charge is 0.283 e. The lowest BCUT2D eigenvalue weighted by Gasteiger charge is -2.19. The molecule has 0 fully saturated rings. The third-order valence-electron chi connectivity index (χ3n) is 3.32. The number of benzene rings is 1. The topological polar surface area (TPSA) is 30.7 Å². The van der Waals surface area contributed by atoms with E-state index in [9.17, 15) is 0 Å². The Balaban J connectivity index is 2.07. The van der Waals surface area contributed by atoms with Crippen LogP contribution in [-0.2, 0) is 5.41 Å². The van der Waals surface area contributed by atoms with Crippen LogP contribution in [0.1, 0.15) is 26.3 Å². The van der Waals surface area contributed by atoms with Gasteiger partial charge in [0.1, 0.15) is 11.8 Å². The third-order valence-corrected chi connectivity index (χ3v) is 3.32. The molecule has 0 aliphatic rings. The molecular formula is C16H17N3. The second-order valence-electron chi connectivity index (χ2n) is 5.76. The Morgan fingerprint density at radius 1 is 0.947 bits per heavy atom. The molecule has 0 saturated heterocycles. The number of fused-ring (bicyclic) bond motifs is 1. The van der Waals surface area contributed by atoms with Crippen molar-refractivity contribution in [2.75, 3.05) is 0 Å². The second kappa shape index (κ2) is 4.19. The van der Waals surface area contributed by atoms with E-state index in [1.54, 1.807) is 6.20 Å². The Morgan fingerprint density at radius 2 is 1.68 bits per heavy atom. The van der Waals surface area contributed by atoms with E-state index in [1.807, 2.05) is 23.0 Å². The summed E-state index contributed by atoms with van der Waals surface area (Å²) in [7, 11) is 0. The molecule has 3 heteroatoms. The molecule has 0 bridgehead atoms. The molecular weight excluding hydrogens is 234 g/mol. The Labute approximate surface area is 112 Å². The molecule has 1 aromatic carbocycles. The number of hydrogen-bond donors (Lipinski definition) is 0. The van der Waals surface area contributed by atoms with Crippen LogP contribution >= 0.6 is 0 Å². The van der Waals surface area contributed by atoms with E-state index in [-0.39, 0.29) is 5.41 Å². The predicted octanol–water partition coefficient (Wildman–Crippen LogP) is 3.72. The fourth-order valence-corrected chi connectivity index (χ4v) is 2.16. The van der Waals surface area contributed by atoms with Gasteiger partial charge >= 0.3 is 0 Å². The summed E-state index contributed by atoms with van der Waals surface area (Å²) in [5.74, 6) is 0. The molecule has 19 heavy (non-hydrogen) atoms. The van der Waals surface area contributed by atoms with Gasteiger partial charge in [0.25, 0.3) is 0 Å². The van der Waals surface area contributed by atoms with Crippen LogP contribution in [0.3, 0.4) is 0 Å². The van der Waals surface area contributed by atoms with Crippen LogP contribution in [0, 0.1) is 0 Å². The van der Waals surface area contributed by atoms with E-state index >= 15 is 0 Å². The average molecular weight is 251 g/mol. The number of hydrogen-bond acceptors (Lipinski definition) is 2. The monoisotopic (exact) mass is 251 g/mol. The Morgan fingerprint density at radius 3 is 2.37 bits per heavy atom. The highest BCUT2D eigenvalue weighted by molar-refractivity contribution is 5.72. The van der Waals surface area contributed by atoms with E-state index in [4.69, 9.17) is 0 Å². The van der Waals surface area contributed by atoms with Gasteiger partial charge in [-0.1, -0.05) is 32.9 Å². The van der Waals surface area contributed by atoms with Crippen molar-refractivity contribution in [3.63, 3.8) is 0 Å². The molecule has 0 N–H and O–H groups in total. The van der Waals surface area contributed by atoms with Crippen LogP contribution in [0.5, 0.6) is 0 Å². The van der Waals surface area contributed by atoms with E-state index in [2.05, 4.69) is 55.0 Å². The van der Waals surface area contributed by atoms with Crippen molar-refractivity contribution in [1.29, 1.82) is 0 Å². The summed E-state index contributed by atoms with van der Waals surface area (Å²) in [6.07, 6.45) is 3.62. The number of pyridine rings is 1. The quantitative estimate of drug-likeness (QED) is 0.660. The van der Waals surface area contributed by atoms with Crippen molar-refractivity contribution < 1.29 is 0 Å². The molecule has 3 rings (SSSR count). The lowest BCUT2D eigenvalue weighted by atomic mass is 9.87. The van der Waals surface area contributed by atoms with Gasteiger partial charge in [0, 0.05) is 11.9 Å². The normalized spacial score (nSPS) is 11.9. The van der Waals surface area contributed by atoms with Crippen molar-refractivity contribution in [2.24, 2.45) is 0 Å². The summed E-state index contributed by atoms with van der Waals surface area (Å²) >= 11 is 0. The van der Waals surface area contributed by atoms with Gasteiger partial charge in [0.05, 0.1) is 0 Å². The van der Waals surface area contributed by atoms with E-state index in [1.165, 1.54) is 5.56 Å². The van der Waals surface area contributed by atoms with Gasteiger partial charge in [0.2, 0.25) is 0 Å². The van der Waals surface area contributed by atoms with Gasteiger partial charge in [-0.2, -0.15) is 0 Å². The SMILES string of the molecule is CC(C)(C)c1ccc(-n2cnc3cccnc32)cc1. The molecule has 0 amide bonds. The maximum absolute atomic E-state index is 4.39. The molecule has 0 saturated carbocycles. The van der Waals surface area contributed by atoms with Gasteiger partial charge in [0.15, 0.2) is 5.65 Å². The summed E-state index contributed by atoms with van der Waals surface area (Å²) in [5.41, 5.74) is 4.41. The number of rotatable bonds is 1. The van der Waals surface area contributed by atoms with Crippen LogP contribution in [0.4, 0.5) is 0 Å². The zero-order valence-corrected chi connectivity index (χ0v) is 11.5. The van der Waals surface area contributed by atoms with Gasteiger partial charge in [-0.05, 0) is 35.2 Å². The minimum atomic E-state index is 0.174. The minimum Gasteiger partial charge on any atom is -0.283 e. The van der Waals surface area contributed by atoms with Crippen molar-refractivity contribution >= 4 is 11.2 Å². The lowest BCUT2D eigenvalue weighted by Crippen LogP contribution is -2.10. The van der Waals surface area contributed by atoms with Crippen molar-refractivity contribution in [3.05, 3.63) is 54.5 Å². The second-order valence-corrected chi connectivity index (χ2v) is 5.76. The van der Waals surface area contributed by atoms with Crippen molar-refractivity contribution in [3.8, 4) is 5.69 Å². The lowest BCUT2D eigenvalue weighted by molar-refractivity contribution is 0.590. The van der Waals surface area contributed by atoms with Gasteiger partial charge in [-0.3, -0.25) is 4.57 Å². The first kappa shape index (κ1) is 11.9. The molecule has 3 aromatic rings. The first-order valence-electron chi connectivity index (χ1n) is 6.45. The van der Waals surface area contributed by atoms with Crippen LogP contribution in [0.25, 0.3) is 16.9 Å². The first-order valence-corrected chi connectivity index (χ1v) is 6.45. The van der Waals surface area contributed by atoms with Crippen molar-refractivity contribution in [2.45, 2.75) is 26.2 Å². The van der Waals surface area contributed by atoms with E-state index < -0.39 is 0 Å². The molecule has 96 valence electrons. The summed E-state index contributed by atoms with van der Waals surface area (Å²) in [6.45, 7) is 6.66. The van der Waals surface area contributed by atoms with Crippen molar-refractivity contribution in [1.82, 2.24) is 14.5 Å². The molecule has 0 aliphatic carbocycles. The Kier molecular flexibility index (Phi) is 2.63. The molecule has 0 aliphatic heterocycles. The summed E-state index contributed by atoms with van der Waals surface area (Å²) in [5, 5.41) is 0. The fraction of sp³-hybridized carbons (Fsp3) is 0.250. The highest BCUT2D eigenvalue weighted by Gasteiger charge is 2.13. The number of imidazole rings is 1. The minimum absolute atomic E-state index is 0.174. The molecule has 0 spiro atoms. The average Bonchev–Trinajstić information content (AvgIpc) is 2.82. The summed E-state index contributed by atoms with van der Waals surface area (Å²) in [6, 6.07) is 12.5. The van der Waals surface area contributed by atoms with E-state index in [0.29, 0.717) is 0 Å². The Hall–Kier alpha value is -2.16. The zero-order valence-electron chi connectivity index (χ0n) is 11.5. The standard InChI is InChI=1S/C16H17N3/c1-16(2,3)12-6-8-13(9-7-12)19-11-18-14-5-4-10-17-15(14)19/h4-11H,1-3H3. The zero-order chi connectivity index (χ0) is 13.5. The molecule has 2 aromatic heterocycles. The predicted molar refractivity (Wildman–Crippen MR) is 77.6 cm³/mol. The molecule has 3 nitrogen and oxygen atoms in total. The van der Waals surface area contributed by atoms with Gasteiger partial charge in [-0.25, -0.2) is 9.97 Å². The summed E-state index contributed by atoms with van der Waals surface area (Å²) < 4.78 is 2.02. The van der Waals surface area contributed by atoms with Crippen LogP contribution in [0.15, 0.2) is 48.9 Å². The van der Waals surface area contributed by atoms with Crippen LogP contribution in [-0.4, -0.2) is 14.5 Å².